The number of hydrogen-bond donors (Lipinski definition) is 2. The predicted octanol–water partition coefficient (Wildman–Crippen LogP) is 3.81. The zero-order valence-electron chi connectivity index (χ0n) is 12.5. The minimum atomic E-state index is -0.0403. The molecule has 8 heteroatoms. The van der Waals surface area contributed by atoms with E-state index >= 15 is 0 Å². The van der Waals surface area contributed by atoms with E-state index in [1.54, 1.807) is 11.8 Å². The fraction of sp³-hybridized carbons (Fsp3) is 0.357. The van der Waals surface area contributed by atoms with Gasteiger partial charge in [0.1, 0.15) is 0 Å². The first-order chi connectivity index (χ1) is 10.7. The van der Waals surface area contributed by atoms with Crippen molar-refractivity contribution in [2.24, 2.45) is 0 Å². The van der Waals surface area contributed by atoms with E-state index in [-0.39, 0.29) is 5.91 Å². The topological polar surface area (TPSA) is 66.9 Å². The van der Waals surface area contributed by atoms with Gasteiger partial charge < -0.3 is 10.6 Å². The van der Waals surface area contributed by atoms with Gasteiger partial charge in [-0.15, -0.1) is 22.0 Å². The second kappa shape index (κ2) is 9.02. The summed E-state index contributed by atoms with van der Waals surface area (Å²) in [6, 6.07) is 7.80. The molecule has 5 nitrogen and oxygen atoms in total. The summed E-state index contributed by atoms with van der Waals surface area (Å²) in [7, 11) is 0. The van der Waals surface area contributed by atoms with Crippen LogP contribution in [0.15, 0.2) is 33.5 Å². The van der Waals surface area contributed by atoms with E-state index in [1.807, 2.05) is 30.5 Å². The molecular weight excluding hydrogens is 336 g/mol. The van der Waals surface area contributed by atoms with Crippen LogP contribution < -0.4 is 10.6 Å². The number of amides is 1. The van der Waals surface area contributed by atoms with Crippen LogP contribution in [0.3, 0.4) is 0 Å². The Morgan fingerprint density at radius 2 is 2.23 bits per heavy atom. The van der Waals surface area contributed by atoms with Gasteiger partial charge in [-0.2, -0.15) is 0 Å². The fourth-order valence-electron chi connectivity index (χ4n) is 1.60. The zero-order valence-corrected chi connectivity index (χ0v) is 14.9. The summed E-state index contributed by atoms with van der Waals surface area (Å²) in [6.07, 6.45) is 3.05. The highest BCUT2D eigenvalue weighted by Crippen LogP contribution is 2.25. The Hall–Kier alpha value is -1.25. The van der Waals surface area contributed by atoms with Gasteiger partial charge in [0.15, 0.2) is 4.34 Å². The van der Waals surface area contributed by atoms with Gasteiger partial charge >= 0.3 is 0 Å². The van der Waals surface area contributed by atoms with Crippen LogP contribution in [0.1, 0.15) is 13.3 Å². The molecule has 1 aromatic heterocycles. The van der Waals surface area contributed by atoms with Gasteiger partial charge in [0.05, 0.1) is 5.75 Å². The Labute approximate surface area is 142 Å². The van der Waals surface area contributed by atoms with E-state index in [1.165, 1.54) is 23.1 Å². The fourth-order valence-corrected chi connectivity index (χ4v) is 3.63. The van der Waals surface area contributed by atoms with E-state index in [0.717, 1.165) is 33.0 Å². The molecule has 1 heterocycles. The molecule has 0 fully saturated rings. The molecule has 0 saturated carbocycles. The first-order valence-corrected chi connectivity index (χ1v) is 9.88. The normalized spacial score (nSPS) is 10.5. The van der Waals surface area contributed by atoms with Crippen LogP contribution in [0, 0.1) is 0 Å². The highest BCUT2D eigenvalue weighted by molar-refractivity contribution is 8.01. The Kier molecular flexibility index (Phi) is 7.01. The number of nitrogens with one attached hydrogen (secondary N) is 2. The van der Waals surface area contributed by atoms with Gasteiger partial charge in [0, 0.05) is 17.1 Å². The lowest BCUT2D eigenvalue weighted by atomic mass is 10.3. The maximum absolute atomic E-state index is 12.0. The summed E-state index contributed by atoms with van der Waals surface area (Å²) in [5.41, 5.74) is 0.819. The quantitative estimate of drug-likeness (QED) is 0.703. The summed E-state index contributed by atoms with van der Waals surface area (Å²) in [4.78, 5) is 13.1. The lowest BCUT2D eigenvalue weighted by Crippen LogP contribution is -2.13. The van der Waals surface area contributed by atoms with Crippen LogP contribution in [-0.4, -0.2) is 34.7 Å². The minimum absolute atomic E-state index is 0.0403. The number of aromatic nitrogens is 2. The molecule has 0 bridgehead atoms. The molecule has 2 rings (SSSR count). The van der Waals surface area contributed by atoms with Crippen LogP contribution in [0.4, 0.5) is 10.8 Å². The molecule has 2 aromatic rings. The molecular formula is C14H18N4OS3. The van der Waals surface area contributed by atoms with Gasteiger partial charge in [0.25, 0.3) is 0 Å². The average Bonchev–Trinajstić information content (AvgIpc) is 2.99. The second-order valence-corrected chi connectivity index (χ2v) is 7.45. The third-order valence-electron chi connectivity index (χ3n) is 2.61. The number of rotatable bonds is 8. The molecule has 0 radical (unpaired) electrons. The van der Waals surface area contributed by atoms with Crippen molar-refractivity contribution in [3.05, 3.63) is 24.3 Å². The third kappa shape index (κ3) is 5.51. The van der Waals surface area contributed by atoms with Crippen LogP contribution in [0.25, 0.3) is 0 Å². The predicted molar refractivity (Wildman–Crippen MR) is 96.3 cm³/mol. The van der Waals surface area contributed by atoms with Crippen LogP contribution in [-0.2, 0) is 4.79 Å². The zero-order chi connectivity index (χ0) is 15.8. The summed E-state index contributed by atoms with van der Waals surface area (Å²) < 4.78 is 0.798. The highest BCUT2D eigenvalue weighted by atomic mass is 32.2. The molecule has 0 aliphatic carbocycles. The SMILES string of the molecule is CCCNc1nnc(SCC(=O)Nc2cccc(SC)c2)s1. The largest absolute Gasteiger partial charge is 0.360 e. The third-order valence-corrected chi connectivity index (χ3v) is 5.35. The van der Waals surface area contributed by atoms with E-state index in [9.17, 15) is 4.79 Å². The maximum atomic E-state index is 12.0. The van der Waals surface area contributed by atoms with Crippen LogP contribution in [0.5, 0.6) is 0 Å². The number of anilines is 2. The second-order valence-electron chi connectivity index (χ2n) is 4.37. The highest BCUT2D eigenvalue weighted by Gasteiger charge is 2.08. The van der Waals surface area contributed by atoms with Gasteiger partial charge in [-0.25, -0.2) is 0 Å². The van der Waals surface area contributed by atoms with E-state index < -0.39 is 0 Å². The maximum Gasteiger partial charge on any atom is 0.234 e. The van der Waals surface area contributed by atoms with Crippen molar-refractivity contribution in [3.8, 4) is 0 Å². The van der Waals surface area contributed by atoms with Gasteiger partial charge in [-0.05, 0) is 30.9 Å². The molecule has 22 heavy (non-hydrogen) atoms. The van der Waals surface area contributed by atoms with Crippen LogP contribution in [0.2, 0.25) is 0 Å². The van der Waals surface area contributed by atoms with Crippen molar-refractivity contribution in [1.82, 2.24) is 10.2 Å². The molecule has 0 aliphatic heterocycles. The lowest BCUT2D eigenvalue weighted by Gasteiger charge is -2.05. The first kappa shape index (κ1) is 17.1. The van der Waals surface area contributed by atoms with Crippen molar-refractivity contribution < 1.29 is 4.79 Å². The molecule has 0 unspecified atom stereocenters. The minimum Gasteiger partial charge on any atom is -0.360 e. The average molecular weight is 355 g/mol. The molecule has 0 saturated heterocycles. The van der Waals surface area contributed by atoms with Gasteiger partial charge in [-0.3, -0.25) is 4.79 Å². The van der Waals surface area contributed by atoms with Crippen molar-refractivity contribution in [1.29, 1.82) is 0 Å². The van der Waals surface area contributed by atoms with E-state index in [2.05, 4.69) is 27.8 Å². The first-order valence-electron chi connectivity index (χ1n) is 6.85. The Morgan fingerprint density at radius 3 is 3.00 bits per heavy atom. The molecule has 1 aromatic carbocycles. The lowest BCUT2D eigenvalue weighted by molar-refractivity contribution is -0.113. The monoisotopic (exact) mass is 354 g/mol. The van der Waals surface area contributed by atoms with Crippen molar-refractivity contribution >= 4 is 51.6 Å². The summed E-state index contributed by atoms with van der Waals surface area (Å²) in [6.45, 7) is 2.98. The van der Waals surface area contributed by atoms with Gasteiger partial charge in [0.2, 0.25) is 11.0 Å². The summed E-state index contributed by atoms with van der Waals surface area (Å²) in [5.74, 6) is 0.285. The Balaban J connectivity index is 1.80. The number of carbonyl (C=O) groups excluding carboxylic acids is 1. The standard InChI is InChI=1S/C14H18N4OS3/c1-3-7-15-13-17-18-14(22-13)21-9-12(19)16-10-5-4-6-11(8-10)20-2/h4-6,8H,3,7,9H2,1-2H3,(H,15,17)(H,16,19). The Bertz CT molecular complexity index is 618. The summed E-state index contributed by atoms with van der Waals surface area (Å²) in [5, 5.41) is 15.0. The molecule has 118 valence electrons. The molecule has 2 N–H and O–H groups in total. The molecule has 0 spiro atoms. The molecule has 0 atom stereocenters. The van der Waals surface area contributed by atoms with Gasteiger partial charge in [-0.1, -0.05) is 36.1 Å². The Morgan fingerprint density at radius 1 is 1.36 bits per heavy atom. The molecule has 0 aliphatic rings. The van der Waals surface area contributed by atoms with E-state index in [0.29, 0.717) is 5.75 Å². The number of hydrogen-bond acceptors (Lipinski definition) is 7. The smallest absolute Gasteiger partial charge is 0.234 e. The van der Waals surface area contributed by atoms with E-state index in [4.69, 9.17) is 0 Å². The van der Waals surface area contributed by atoms with Crippen LogP contribution >= 0.6 is 34.9 Å². The number of carbonyl (C=O) groups is 1. The summed E-state index contributed by atoms with van der Waals surface area (Å²) >= 11 is 4.52. The van der Waals surface area contributed by atoms with Crippen molar-refractivity contribution in [3.63, 3.8) is 0 Å². The molecule has 1 amide bonds. The number of benzene rings is 1. The van der Waals surface area contributed by atoms with Crippen molar-refractivity contribution in [2.75, 3.05) is 29.2 Å². The number of nitrogens with zero attached hydrogens (tertiary/aromatic N) is 2. The number of thioether (sulfide) groups is 2. The van der Waals surface area contributed by atoms with Crippen molar-refractivity contribution in [2.45, 2.75) is 22.6 Å².